The van der Waals surface area contributed by atoms with Gasteiger partial charge >= 0.3 is 5.97 Å². The summed E-state index contributed by atoms with van der Waals surface area (Å²) in [4.78, 5) is 15.2. The van der Waals surface area contributed by atoms with Gasteiger partial charge in [-0.1, -0.05) is 0 Å². The number of fused-ring (bicyclic) bond motifs is 2. The number of rotatable bonds is 3. The molecule has 0 aromatic carbocycles. The zero-order valence-electron chi connectivity index (χ0n) is 14.1. The van der Waals surface area contributed by atoms with Crippen LogP contribution in [0.15, 0.2) is 0 Å². The number of ether oxygens (including phenoxy) is 1. The summed E-state index contributed by atoms with van der Waals surface area (Å²) in [5.74, 6) is 1.29. The lowest BCUT2D eigenvalue weighted by Gasteiger charge is -2.46. The van der Waals surface area contributed by atoms with Crippen molar-refractivity contribution >= 4 is 17.6 Å². The molecular formula is C18H30ClNO2. The second kappa shape index (κ2) is 6.68. The number of esters is 1. The number of alkyl halides is 1. The van der Waals surface area contributed by atoms with Crippen LogP contribution in [0.1, 0.15) is 58.8 Å². The van der Waals surface area contributed by atoms with Gasteiger partial charge in [-0.2, -0.15) is 0 Å². The second-order valence-corrected chi connectivity index (χ2v) is 8.50. The number of piperidine rings is 1. The fourth-order valence-corrected chi connectivity index (χ4v) is 5.39. The van der Waals surface area contributed by atoms with E-state index in [1.807, 2.05) is 13.8 Å². The van der Waals surface area contributed by atoms with Gasteiger partial charge in [0.15, 0.2) is 0 Å². The Morgan fingerprint density at radius 1 is 1.14 bits per heavy atom. The average molecular weight is 328 g/mol. The predicted molar refractivity (Wildman–Crippen MR) is 89.0 cm³/mol. The molecule has 0 spiro atoms. The van der Waals surface area contributed by atoms with Gasteiger partial charge in [0.05, 0.1) is 12.0 Å². The zero-order valence-corrected chi connectivity index (χ0v) is 14.9. The fraction of sp³-hybridized carbons (Fsp3) is 0.944. The first-order valence-corrected chi connectivity index (χ1v) is 9.47. The fourth-order valence-electron chi connectivity index (χ4n) is 5.14. The van der Waals surface area contributed by atoms with Crippen molar-refractivity contribution in [3.05, 3.63) is 0 Å². The van der Waals surface area contributed by atoms with Crippen LogP contribution in [0.5, 0.6) is 0 Å². The van der Waals surface area contributed by atoms with Crippen molar-refractivity contribution in [2.24, 2.45) is 17.8 Å². The van der Waals surface area contributed by atoms with E-state index in [2.05, 4.69) is 11.9 Å². The van der Waals surface area contributed by atoms with E-state index in [0.717, 1.165) is 19.3 Å². The number of carbonyl (C=O) groups excluding carboxylic acids is 1. The summed E-state index contributed by atoms with van der Waals surface area (Å²) < 4.78 is 5.64. The lowest BCUT2D eigenvalue weighted by atomic mass is 9.68. The topological polar surface area (TPSA) is 29.5 Å². The van der Waals surface area contributed by atoms with Crippen molar-refractivity contribution in [1.82, 2.24) is 4.90 Å². The van der Waals surface area contributed by atoms with E-state index in [1.54, 1.807) is 0 Å². The largest absolute Gasteiger partial charge is 0.463 e. The average Bonchev–Trinajstić information content (AvgIpc) is 2.71. The molecule has 3 fully saturated rings. The Morgan fingerprint density at radius 3 is 2.45 bits per heavy atom. The molecule has 22 heavy (non-hydrogen) atoms. The van der Waals surface area contributed by atoms with Crippen LogP contribution in [0.4, 0.5) is 0 Å². The van der Waals surface area contributed by atoms with Crippen molar-refractivity contribution < 1.29 is 9.53 Å². The van der Waals surface area contributed by atoms with Gasteiger partial charge in [-0.15, -0.1) is 11.6 Å². The van der Waals surface area contributed by atoms with E-state index in [1.165, 1.54) is 25.7 Å². The van der Waals surface area contributed by atoms with Crippen molar-refractivity contribution in [2.45, 2.75) is 82.4 Å². The third-order valence-corrected chi connectivity index (χ3v) is 6.68. The minimum atomic E-state index is -0.0174. The summed E-state index contributed by atoms with van der Waals surface area (Å²) in [7, 11) is 2.20. The van der Waals surface area contributed by atoms with E-state index in [-0.39, 0.29) is 18.0 Å². The molecule has 0 radical (unpaired) electrons. The molecule has 126 valence electrons. The summed E-state index contributed by atoms with van der Waals surface area (Å²) in [5, 5.41) is 0.348. The molecule has 3 rings (SSSR count). The van der Waals surface area contributed by atoms with Crippen molar-refractivity contribution in [2.75, 3.05) is 7.05 Å². The highest BCUT2D eigenvalue weighted by Gasteiger charge is 2.51. The molecule has 3 aliphatic rings. The Kier molecular flexibility index (Phi) is 5.04. The summed E-state index contributed by atoms with van der Waals surface area (Å²) in [6.07, 6.45) is 8.15. The van der Waals surface area contributed by atoms with E-state index in [4.69, 9.17) is 16.3 Å². The molecule has 4 heteroatoms. The molecule has 0 aromatic heterocycles. The molecule has 4 atom stereocenters. The molecule has 3 unspecified atom stereocenters. The van der Waals surface area contributed by atoms with Crippen LogP contribution in [0.2, 0.25) is 0 Å². The van der Waals surface area contributed by atoms with Crippen LogP contribution in [0.25, 0.3) is 0 Å². The number of hydrogen-bond donors (Lipinski definition) is 0. The van der Waals surface area contributed by atoms with Gasteiger partial charge in [0.25, 0.3) is 0 Å². The monoisotopic (exact) mass is 327 g/mol. The Labute approximate surface area is 139 Å². The van der Waals surface area contributed by atoms with Crippen molar-refractivity contribution in [3.63, 3.8) is 0 Å². The predicted octanol–water partition coefficient (Wildman–Crippen LogP) is 3.83. The first kappa shape index (κ1) is 16.6. The number of hydrogen-bond acceptors (Lipinski definition) is 3. The maximum Gasteiger partial charge on any atom is 0.311 e. The lowest BCUT2D eigenvalue weighted by Crippen LogP contribution is -2.52. The first-order valence-electron chi connectivity index (χ1n) is 9.04. The first-order chi connectivity index (χ1) is 10.5. The van der Waals surface area contributed by atoms with Gasteiger partial charge < -0.3 is 4.74 Å². The third-order valence-electron chi connectivity index (χ3n) is 6.25. The SMILES string of the molecule is CC(C)OC(=O)C1C2CCC(C[C@@H]1C1CCC(Cl)CC1)N2C. The smallest absolute Gasteiger partial charge is 0.311 e. The Bertz CT molecular complexity index is 406. The van der Waals surface area contributed by atoms with Crippen molar-refractivity contribution in [3.8, 4) is 0 Å². The summed E-state index contributed by atoms with van der Waals surface area (Å²) in [6, 6.07) is 1.07. The highest BCUT2D eigenvalue weighted by Crippen LogP contribution is 2.48. The molecule has 1 saturated carbocycles. The van der Waals surface area contributed by atoms with Crippen LogP contribution < -0.4 is 0 Å². The summed E-state index contributed by atoms with van der Waals surface area (Å²) in [6.45, 7) is 3.91. The Balaban J connectivity index is 1.78. The number of nitrogens with zero attached hydrogens (tertiary/aromatic N) is 1. The Morgan fingerprint density at radius 2 is 1.82 bits per heavy atom. The van der Waals surface area contributed by atoms with Gasteiger partial charge in [0.1, 0.15) is 0 Å². The molecule has 3 nitrogen and oxygen atoms in total. The van der Waals surface area contributed by atoms with Crippen LogP contribution >= 0.6 is 11.6 Å². The van der Waals surface area contributed by atoms with Gasteiger partial charge in [0.2, 0.25) is 0 Å². The third kappa shape index (κ3) is 3.17. The van der Waals surface area contributed by atoms with E-state index in [9.17, 15) is 4.79 Å². The molecule has 2 saturated heterocycles. The molecule has 2 bridgehead atoms. The Hall–Kier alpha value is -0.280. The molecule has 2 heterocycles. The van der Waals surface area contributed by atoms with E-state index >= 15 is 0 Å². The molecule has 0 aromatic rings. The maximum absolute atomic E-state index is 12.8. The summed E-state index contributed by atoms with van der Waals surface area (Å²) in [5.41, 5.74) is 0. The molecular weight excluding hydrogens is 298 g/mol. The maximum atomic E-state index is 12.8. The van der Waals surface area contributed by atoms with Gasteiger partial charge in [0, 0.05) is 17.5 Å². The van der Waals surface area contributed by atoms with E-state index in [0.29, 0.717) is 29.3 Å². The zero-order chi connectivity index (χ0) is 15.9. The quantitative estimate of drug-likeness (QED) is 0.582. The van der Waals surface area contributed by atoms with Crippen LogP contribution in [0, 0.1) is 17.8 Å². The van der Waals surface area contributed by atoms with Gasteiger partial charge in [-0.25, -0.2) is 0 Å². The molecule has 0 amide bonds. The van der Waals surface area contributed by atoms with Crippen molar-refractivity contribution in [1.29, 1.82) is 0 Å². The highest BCUT2D eigenvalue weighted by molar-refractivity contribution is 6.20. The molecule has 0 N–H and O–H groups in total. The lowest BCUT2D eigenvalue weighted by molar-refractivity contribution is -0.161. The standard InChI is InChI=1S/C18H30ClNO2/c1-11(2)22-18(21)17-15(12-4-6-13(19)7-5-12)10-14-8-9-16(17)20(14)3/h11-17H,4-10H2,1-3H3/t12?,13?,14?,15-,16?,17?/m1/s1. The minimum Gasteiger partial charge on any atom is -0.463 e. The number of halogens is 1. The van der Waals surface area contributed by atoms with E-state index < -0.39 is 0 Å². The second-order valence-electron chi connectivity index (χ2n) is 7.89. The van der Waals surface area contributed by atoms with Crippen LogP contribution in [-0.4, -0.2) is 41.5 Å². The van der Waals surface area contributed by atoms with Crippen LogP contribution in [-0.2, 0) is 9.53 Å². The molecule has 1 aliphatic carbocycles. The van der Waals surface area contributed by atoms with Gasteiger partial charge in [-0.05, 0) is 77.7 Å². The number of carbonyl (C=O) groups is 1. The normalized spacial score (nSPS) is 42.6. The van der Waals surface area contributed by atoms with Gasteiger partial charge in [-0.3, -0.25) is 9.69 Å². The summed E-state index contributed by atoms with van der Waals surface area (Å²) >= 11 is 6.28. The van der Waals surface area contributed by atoms with Crippen LogP contribution in [0.3, 0.4) is 0 Å². The minimum absolute atomic E-state index is 0.0174. The highest BCUT2D eigenvalue weighted by atomic mass is 35.5. The molecule has 2 aliphatic heterocycles.